The van der Waals surface area contributed by atoms with Crippen molar-refractivity contribution in [2.75, 3.05) is 47.0 Å². The van der Waals surface area contributed by atoms with E-state index >= 15 is 0 Å². The van der Waals surface area contributed by atoms with Crippen molar-refractivity contribution in [3.05, 3.63) is 0 Å². The highest BCUT2D eigenvalue weighted by Crippen LogP contribution is 2.21. The summed E-state index contributed by atoms with van der Waals surface area (Å²) >= 11 is 0. The van der Waals surface area contributed by atoms with Crippen LogP contribution in [0.5, 0.6) is 0 Å². The van der Waals surface area contributed by atoms with Crippen molar-refractivity contribution >= 4 is 8.80 Å². The molecule has 0 unspecified atom stereocenters. The molecule has 5 heteroatoms. The molecule has 0 saturated heterocycles. The first-order chi connectivity index (χ1) is 16.9. The molecule has 4 nitrogen and oxygen atoms in total. The van der Waals surface area contributed by atoms with Crippen LogP contribution in [0, 0.1) is 0 Å². The first-order valence-corrected chi connectivity index (χ1v) is 17.6. The Kier molecular flexibility index (Phi) is 24.4. The standard InChI is InChI=1S/C30H66NO3Si/c1-7-11-12-13-14-15-16-17-18-19-20-21-22-23-25-31(5,6)26-24-30-35(32-27-8-2,33-28-9-3)34-29-10-4/h7-30H2,1-6H3/q+1. The highest BCUT2D eigenvalue weighted by atomic mass is 28.4. The van der Waals surface area contributed by atoms with Crippen LogP contribution in [0.4, 0.5) is 0 Å². The van der Waals surface area contributed by atoms with E-state index in [9.17, 15) is 0 Å². The fourth-order valence-electron chi connectivity index (χ4n) is 4.68. The minimum Gasteiger partial charge on any atom is -0.373 e. The predicted octanol–water partition coefficient (Wildman–Crippen LogP) is 9.15. The molecule has 0 fully saturated rings. The van der Waals surface area contributed by atoms with Crippen LogP contribution >= 0.6 is 0 Å². The van der Waals surface area contributed by atoms with Gasteiger partial charge in [0, 0.05) is 32.3 Å². The Balaban J connectivity index is 3.97. The molecule has 0 heterocycles. The van der Waals surface area contributed by atoms with Crippen LogP contribution in [0.25, 0.3) is 0 Å². The van der Waals surface area contributed by atoms with Gasteiger partial charge in [0.25, 0.3) is 0 Å². The van der Waals surface area contributed by atoms with E-state index in [4.69, 9.17) is 13.3 Å². The van der Waals surface area contributed by atoms with Crippen LogP contribution in [0.15, 0.2) is 0 Å². The van der Waals surface area contributed by atoms with Crippen molar-refractivity contribution in [1.82, 2.24) is 0 Å². The highest BCUT2D eigenvalue weighted by Gasteiger charge is 2.41. The average Bonchev–Trinajstić information content (AvgIpc) is 2.84. The van der Waals surface area contributed by atoms with E-state index in [2.05, 4.69) is 41.8 Å². The summed E-state index contributed by atoms with van der Waals surface area (Å²) in [6, 6.07) is 0.952. The molecule has 0 bridgehead atoms. The van der Waals surface area contributed by atoms with Gasteiger partial charge < -0.3 is 17.8 Å². The van der Waals surface area contributed by atoms with Crippen molar-refractivity contribution in [2.45, 2.75) is 149 Å². The second-order valence-corrected chi connectivity index (χ2v) is 14.0. The Bertz CT molecular complexity index is 412. The number of nitrogens with zero attached hydrogens (tertiary/aromatic N) is 1. The molecule has 0 spiro atoms. The molecule has 0 atom stereocenters. The molecule has 212 valence electrons. The van der Waals surface area contributed by atoms with E-state index in [0.717, 1.165) is 56.0 Å². The average molecular weight is 517 g/mol. The third kappa shape index (κ3) is 21.8. The summed E-state index contributed by atoms with van der Waals surface area (Å²) < 4.78 is 19.9. The second-order valence-electron chi connectivity index (χ2n) is 11.3. The smallest absolute Gasteiger partial charge is 0.373 e. The maximum absolute atomic E-state index is 6.27. The molecule has 0 radical (unpaired) electrons. The van der Waals surface area contributed by atoms with Crippen LogP contribution < -0.4 is 0 Å². The third-order valence-corrected chi connectivity index (χ3v) is 9.84. The zero-order chi connectivity index (χ0) is 26.1. The molecule has 0 amide bonds. The predicted molar refractivity (Wildman–Crippen MR) is 156 cm³/mol. The SMILES string of the molecule is CCCCCCCCCCCCCCCC[N+](C)(C)CCC[Si](OCCC)(OCCC)OCCC. The molecule has 0 rings (SSSR count). The highest BCUT2D eigenvalue weighted by molar-refractivity contribution is 6.60. The van der Waals surface area contributed by atoms with E-state index in [-0.39, 0.29) is 0 Å². The lowest BCUT2D eigenvalue weighted by molar-refractivity contribution is -0.890. The van der Waals surface area contributed by atoms with E-state index in [1.807, 2.05) is 0 Å². The minimum atomic E-state index is -2.54. The number of unbranched alkanes of at least 4 members (excludes halogenated alkanes) is 13. The zero-order valence-electron chi connectivity index (χ0n) is 25.1. The molecule has 0 aromatic rings. The van der Waals surface area contributed by atoms with Crippen LogP contribution in [0.1, 0.15) is 143 Å². The van der Waals surface area contributed by atoms with Gasteiger partial charge in [-0.1, -0.05) is 105 Å². The summed E-state index contributed by atoms with van der Waals surface area (Å²) in [6.45, 7) is 13.5. The van der Waals surface area contributed by atoms with Crippen LogP contribution in [0.2, 0.25) is 6.04 Å². The van der Waals surface area contributed by atoms with Crippen molar-refractivity contribution in [3.8, 4) is 0 Å². The summed E-state index contributed by atoms with van der Waals surface area (Å²) in [4.78, 5) is 0. The number of hydrogen-bond acceptors (Lipinski definition) is 3. The van der Waals surface area contributed by atoms with Crippen LogP contribution in [0.3, 0.4) is 0 Å². The quantitative estimate of drug-likeness (QED) is 0.0589. The number of quaternary nitrogens is 1. The molecule has 35 heavy (non-hydrogen) atoms. The molecule has 0 aliphatic rings. The number of rotatable bonds is 28. The lowest BCUT2D eigenvalue weighted by Gasteiger charge is -2.33. The Morgan fingerprint density at radius 3 is 1.14 bits per heavy atom. The molecule has 0 aliphatic heterocycles. The van der Waals surface area contributed by atoms with E-state index in [1.54, 1.807) is 0 Å². The van der Waals surface area contributed by atoms with Gasteiger partial charge in [0.2, 0.25) is 0 Å². The van der Waals surface area contributed by atoms with Crippen molar-refractivity contribution in [2.24, 2.45) is 0 Å². The normalized spacial score (nSPS) is 12.5. The Morgan fingerprint density at radius 1 is 0.429 bits per heavy atom. The Morgan fingerprint density at radius 2 is 0.771 bits per heavy atom. The molecule has 0 saturated carbocycles. The van der Waals surface area contributed by atoms with Gasteiger partial charge >= 0.3 is 8.80 Å². The van der Waals surface area contributed by atoms with Crippen LogP contribution in [-0.4, -0.2) is 60.3 Å². The summed E-state index contributed by atoms with van der Waals surface area (Å²) in [5.41, 5.74) is 0. The van der Waals surface area contributed by atoms with Gasteiger partial charge in [-0.15, -0.1) is 0 Å². The van der Waals surface area contributed by atoms with E-state index in [1.165, 1.54) is 103 Å². The van der Waals surface area contributed by atoms with Crippen molar-refractivity contribution in [1.29, 1.82) is 0 Å². The topological polar surface area (TPSA) is 27.7 Å². The lowest BCUT2D eigenvalue weighted by Crippen LogP contribution is -2.48. The van der Waals surface area contributed by atoms with Crippen LogP contribution in [-0.2, 0) is 13.3 Å². The molecule has 0 N–H and O–H groups in total. The number of hydrogen-bond donors (Lipinski definition) is 0. The van der Waals surface area contributed by atoms with E-state index in [0.29, 0.717) is 0 Å². The van der Waals surface area contributed by atoms with Crippen molar-refractivity contribution in [3.63, 3.8) is 0 Å². The third-order valence-electron chi connectivity index (χ3n) is 6.94. The summed E-state index contributed by atoms with van der Waals surface area (Å²) in [6.07, 6.45) is 24.1. The van der Waals surface area contributed by atoms with Gasteiger partial charge in [-0.2, -0.15) is 0 Å². The van der Waals surface area contributed by atoms with Gasteiger partial charge in [-0.25, -0.2) is 0 Å². The molecule has 0 aliphatic carbocycles. The first kappa shape index (κ1) is 35.1. The monoisotopic (exact) mass is 516 g/mol. The summed E-state index contributed by atoms with van der Waals surface area (Å²) in [5.74, 6) is 0. The van der Waals surface area contributed by atoms with Gasteiger partial charge in [-0.05, 0) is 32.1 Å². The van der Waals surface area contributed by atoms with Gasteiger partial charge in [-0.3, -0.25) is 0 Å². The van der Waals surface area contributed by atoms with Gasteiger partial charge in [0.1, 0.15) is 0 Å². The molecular weight excluding hydrogens is 450 g/mol. The molecule has 0 aromatic carbocycles. The summed E-state index contributed by atoms with van der Waals surface area (Å²) in [5, 5.41) is 0. The second kappa shape index (κ2) is 24.4. The molecule has 0 aromatic heterocycles. The van der Waals surface area contributed by atoms with Gasteiger partial charge in [0.05, 0.1) is 27.2 Å². The first-order valence-electron chi connectivity index (χ1n) is 15.7. The maximum Gasteiger partial charge on any atom is 0.501 e. The molecular formula is C30H66NO3Si+. The minimum absolute atomic E-state index is 0.747. The van der Waals surface area contributed by atoms with Gasteiger partial charge in [0.15, 0.2) is 0 Å². The zero-order valence-corrected chi connectivity index (χ0v) is 26.1. The lowest BCUT2D eigenvalue weighted by atomic mass is 10.0. The van der Waals surface area contributed by atoms with E-state index < -0.39 is 8.80 Å². The summed E-state index contributed by atoms with van der Waals surface area (Å²) in [7, 11) is 2.23. The fraction of sp³-hybridized carbons (Fsp3) is 1.00. The Labute approximate surface area is 222 Å². The Hall–Kier alpha value is 0.0569. The maximum atomic E-state index is 6.27. The fourth-order valence-corrected chi connectivity index (χ4v) is 7.50. The van der Waals surface area contributed by atoms with Crippen molar-refractivity contribution < 1.29 is 17.8 Å². The largest absolute Gasteiger partial charge is 0.501 e.